The number of anilines is 1. The smallest absolute Gasteiger partial charge is 0.121 e. The summed E-state index contributed by atoms with van der Waals surface area (Å²) in [6.07, 6.45) is 2.43. The van der Waals surface area contributed by atoms with Gasteiger partial charge in [-0.15, -0.1) is 0 Å². The van der Waals surface area contributed by atoms with Crippen molar-refractivity contribution in [1.29, 1.82) is 0 Å². The Kier molecular flexibility index (Phi) is 2.28. The summed E-state index contributed by atoms with van der Waals surface area (Å²) in [4.78, 5) is 2.68. The molecule has 2 rings (SSSR count). The molecule has 0 unspecified atom stereocenters. The van der Waals surface area contributed by atoms with Gasteiger partial charge in [-0.2, -0.15) is 5.10 Å². The van der Waals surface area contributed by atoms with E-state index in [9.17, 15) is 0 Å². The topological polar surface area (TPSA) is 92.6 Å². The van der Waals surface area contributed by atoms with E-state index < -0.39 is 0 Å². The number of rotatable bonds is 4. The van der Waals surface area contributed by atoms with Gasteiger partial charge in [-0.3, -0.25) is 0 Å². The van der Waals surface area contributed by atoms with Gasteiger partial charge in [-0.25, -0.2) is 4.68 Å². The fourth-order valence-corrected chi connectivity index (χ4v) is 1.39. The molecule has 0 spiro atoms. The van der Waals surface area contributed by atoms with Gasteiger partial charge in [0.25, 0.3) is 0 Å². The zero-order chi connectivity index (χ0) is 9.97. The molecule has 1 aromatic rings. The van der Waals surface area contributed by atoms with Crippen molar-refractivity contribution < 1.29 is 0 Å². The van der Waals surface area contributed by atoms with E-state index in [0.717, 1.165) is 5.69 Å². The molecule has 1 heterocycles. The van der Waals surface area contributed by atoms with Crippen LogP contribution < -0.4 is 5.73 Å². The molecule has 0 atom stereocenters. The van der Waals surface area contributed by atoms with Crippen molar-refractivity contribution in [3.05, 3.63) is 22.2 Å². The first-order valence-electron chi connectivity index (χ1n) is 4.65. The zero-order valence-electron chi connectivity index (χ0n) is 7.80. The number of hydrogen-bond acceptors (Lipinski definition) is 3. The van der Waals surface area contributed by atoms with Crippen LogP contribution in [0.3, 0.4) is 0 Å². The molecule has 0 amide bonds. The molecule has 0 bridgehead atoms. The largest absolute Gasteiger partial charge is 0.384 e. The minimum absolute atomic E-state index is 0.395. The third-order valence-electron chi connectivity index (χ3n) is 2.30. The van der Waals surface area contributed by atoms with E-state index in [0.29, 0.717) is 24.8 Å². The predicted molar refractivity (Wildman–Crippen MR) is 52.6 cm³/mol. The molecular formula is C8H12N6. The third kappa shape index (κ3) is 1.80. The molecule has 1 aliphatic carbocycles. The molecular weight excluding hydrogens is 180 g/mol. The fourth-order valence-electron chi connectivity index (χ4n) is 1.39. The zero-order valence-corrected chi connectivity index (χ0v) is 7.80. The van der Waals surface area contributed by atoms with Crippen LogP contribution in [0.5, 0.6) is 0 Å². The summed E-state index contributed by atoms with van der Waals surface area (Å²) in [5.74, 6) is 1.26. The van der Waals surface area contributed by atoms with Gasteiger partial charge in [0.2, 0.25) is 0 Å². The Bertz CT molecular complexity index is 371. The van der Waals surface area contributed by atoms with E-state index >= 15 is 0 Å². The van der Waals surface area contributed by atoms with Gasteiger partial charge < -0.3 is 5.73 Å². The molecule has 0 saturated heterocycles. The molecule has 1 saturated carbocycles. The maximum atomic E-state index is 8.11. The molecule has 14 heavy (non-hydrogen) atoms. The van der Waals surface area contributed by atoms with Crippen LogP contribution in [0.1, 0.15) is 24.5 Å². The normalized spacial score (nSPS) is 15.1. The summed E-state index contributed by atoms with van der Waals surface area (Å²) < 4.78 is 1.70. The molecule has 1 aromatic heterocycles. The van der Waals surface area contributed by atoms with Gasteiger partial charge in [-0.1, -0.05) is 5.11 Å². The minimum Gasteiger partial charge on any atom is -0.384 e. The summed E-state index contributed by atoms with van der Waals surface area (Å²) in [6, 6.07) is 1.91. The summed E-state index contributed by atoms with van der Waals surface area (Å²) in [5.41, 5.74) is 14.9. The Morgan fingerprint density at radius 1 is 1.71 bits per heavy atom. The Morgan fingerprint density at radius 3 is 3.14 bits per heavy atom. The lowest BCUT2D eigenvalue weighted by molar-refractivity contribution is 0.622. The number of nitrogens with zero attached hydrogens (tertiary/aromatic N) is 5. The minimum atomic E-state index is 0.395. The molecule has 6 heteroatoms. The van der Waals surface area contributed by atoms with Crippen LogP contribution in [0.15, 0.2) is 11.2 Å². The van der Waals surface area contributed by atoms with Crippen LogP contribution in [0, 0.1) is 0 Å². The molecule has 1 fully saturated rings. The second kappa shape index (κ2) is 3.59. The predicted octanol–water partition coefficient (Wildman–Crippen LogP) is 1.65. The van der Waals surface area contributed by atoms with E-state index in [4.69, 9.17) is 11.3 Å². The Balaban J connectivity index is 2.04. The molecule has 2 N–H and O–H groups in total. The molecule has 1 aliphatic rings. The molecule has 0 radical (unpaired) electrons. The summed E-state index contributed by atoms with van der Waals surface area (Å²) in [6.45, 7) is 0.953. The Labute approximate surface area is 81.3 Å². The van der Waals surface area contributed by atoms with Crippen LogP contribution in [-0.4, -0.2) is 16.3 Å². The Hall–Kier alpha value is -1.68. The first-order chi connectivity index (χ1) is 6.81. The van der Waals surface area contributed by atoms with Crippen LogP contribution in [0.25, 0.3) is 10.4 Å². The van der Waals surface area contributed by atoms with E-state index in [1.807, 2.05) is 6.07 Å². The molecule has 74 valence electrons. The van der Waals surface area contributed by atoms with Crippen molar-refractivity contribution in [1.82, 2.24) is 9.78 Å². The van der Waals surface area contributed by atoms with Crippen LogP contribution >= 0.6 is 0 Å². The highest BCUT2D eigenvalue weighted by atomic mass is 15.3. The lowest BCUT2D eigenvalue weighted by Gasteiger charge is -1.99. The monoisotopic (exact) mass is 192 g/mol. The van der Waals surface area contributed by atoms with Crippen LogP contribution in [0.2, 0.25) is 0 Å². The third-order valence-corrected chi connectivity index (χ3v) is 2.30. The first-order valence-corrected chi connectivity index (χ1v) is 4.65. The SMILES string of the molecule is [N-]=[N+]=NCCn1nc(C2CC2)cc1N. The van der Waals surface area contributed by atoms with Gasteiger partial charge >= 0.3 is 0 Å². The first kappa shape index (κ1) is 8.90. The van der Waals surface area contributed by atoms with Gasteiger partial charge in [0.1, 0.15) is 5.82 Å². The van der Waals surface area contributed by atoms with Crippen molar-refractivity contribution in [3.63, 3.8) is 0 Å². The molecule has 0 aromatic carbocycles. The average molecular weight is 192 g/mol. The Morgan fingerprint density at radius 2 is 2.50 bits per heavy atom. The van der Waals surface area contributed by atoms with E-state index in [1.54, 1.807) is 4.68 Å². The number of aromatic nitrogens is 2. The quantitative estimate of drug-likeness (QED) is 0.446. The van der Waals surface area contributed by atoms with Crippen molar-refractivity contribution >= 4 is 5.82 Å². The lowest BCUT2D eigenvalue weighted by Crippen LogP contribution is -2.06. The highest BCUT2D eigenvalue weighted by Crippen LogP contribution is 2.39. The number of nitrogen functional groups attached to an aromatic ring is 1. The highest BCUT2D eigenvalue weighted by molar-refractivity contribution is 5.33. The average Bonchev–Trinajstić information content (AvgIpc) is 2.94. The summed E-state index contributed by atoms with van der Waals surface area (Å²) in [5, 5.41) is 7.79. The van der Waals surface area contributed by atoms with Crippen molar-refractivity contribution in [3.8, 4) is 0 Å². The van der Waals surface area contributed by atoms with Crippen LogP contribution in [0.4, 0.5) is 5.82 Å². The second-order valence-corrected chi connectivity index (χ2v) is 3.45. The van der Waals surface area contributed by atoms with Gasteiger partial charge in [0.15, 0.2) is 0 Å². The maximum Gasteiger partial charge on any atom is 0.121 e. The number of hydrogen-bond donors (Lipinski definition) is 1. The van der Waals surface area contributed by atoms with Gasteiger partial charge in [-0.05, 0) is 18.4 Å². The molecule has 0 aliphatic heterocycles. The van der Waals surface area contributed by atoms with E-state index in [1.165, 1.54) is 12.8 Å². The summed E-state index contributed by atoms with van der Waals surface area (Å²) >= 11 is 0. The van der Waals surface area contributed by atoms with E-state index in [-0.39, 0.29) is 0 Å². The molecule has 6 nitrogen and oxygen atoms in total. The van der Waals surface area contributed by atoms with E-state index in [2.05, 4.69) is 15.1 Å². The highest BCUT2D eigenvalue weighted by Gasteiger charge is 2.26. The van der Waals surface area contributed by atoms with Crippen LogP contribution in [-0.2, 0) is 6.54 Å². The number of nitrogens with two attached hydrogens (primary N) is 1. The van der Waals surface area contributed by atoms with Crippen molar-refractivity contribution in [2.45, 2.75) is 25.3 Å². The standard InChI is InChI=1S/C8H12N6/c9-8-5-7(6-1-2-6)12-14(8)4-3-11-13-10/h5-6H,1-4,9H2. The number of azide groups is 1. The fraction of sp³-hybridized carbons (Fsp3) is 0.625. The van der Waals surface area contributed by atoms with Gasteiger partial charge in [0.05, 0.1) is 5.69 Å². The van der Waals surface area contributed by atoms with Crippen molar-refractivity contribution in [2.24, 2.45) is 5.11 Å². The second-order valence-electron chi connectivity index (χ2n) is 3.45. The summed E-state index contributed by atoms with van der Waals surface area (Å²) in [7, 11) is 0. The van der Waals surface area contributed by atoms with Gasteiger partial charge in [0, 0.05) is 30.0 Å². The maximum absolute atomic E-state index is 8.11. The van der Waals surface area contributed by atoms with Crippen molar-refractivity contribution in [2.75, 3.05) is 12.3 Å². The lowest BCUT2D eigenvalue weighted by atomic mass is 10.3.